The van der Waals surface area contributed by atoms with Crippen LogP contribution in [0.15, 0.2) is 24.3 Å². The van der Waals surface area contributed by atoms with Crippen molar-refractivity contribution in [1.29, 1.82) is 0 Å². The maximum absolute atomic E-state index is 9.25. The van der Waals surface area contributed by atoms with E-state index in [1.807, 2.05) is 24.3 Å². The van der Waals surface area contributed by atoms with Gasteiger partial charge in [-0.05, 0) is 42.2 Å². The Morgan fingerprint density at radius 3 is 2.22 bits per heavy atom. The second-order valence-electron chi connectivity index (χ2n) is 7.36. The standard InChI is InChI=1S/C18H32O4Si/c1-18(2,3)23(5,6)22-14-17(11-12-19)21-13-15-7-9-16(20-4)10-8-15/h7-10,17,19H,11-14H2,1-6H3/t17-/m1/s1. The summed E-state index contributed by atoms with van der Waals surface area (Å²) in [5.41, 5.74) is 1.08. The first-order valence-corrected chi connectivity index (χ1v) is 11.1. The highest BCUT2D eigenvalue weighted by Gasteiger charge is 2.37. The number of aliphatic hydroxyl groups excluding tert-OH is 1. The van der Waals surface area contributed by atoms with E-state index in [-0.39, 0.29) is 17.7 Å². The van der Waals surface area contributed by atoms with E-state index in [0.717, 1.165) is 11.3 Å². The molecule has 23 heavy (non-hydrogen) atoms. The second kappa shape index (κ2) is 8.83. The third-order valence-corrected chi connectivity index (χ3v) is 9.03. The summed E-state index contributed by atoms with van der Waals surface area (Å²) in [7, 11) is -0.142. The molecule has 1 rings (SSSR count). The van der Waals surface area contributed by atoms with Crippen LogP contribution in [0.1, 0.15) is 32.8 Å². The number of aliphatic hydroxyl groups is 1. The van der Waals surface area contributed by atoms with Crippen LogP contribution in [-0.2, 0) is 15.8 Å². The molecule has 0 heterocycles. The number of ether oxygens (including phenoxy) is 2. The lowest BCUT2D eigenvalue weighted by Gasteiger charge is -2.37. The molecule has 0 aliphatic rings. The predicted molar refractivity (Wildman–Crippen MR) is 96.4 cm³/mol. The smallest absolute Gasteiger partial charge is 0.192 e. The van der Waals surface area contributed by atoms with Gasteiger partial charge in [0.2, 0.25) is 0 Å². The van der Waals surface area contributed by atoms with Crippen LogP contribution in [-0.4, -0.2) is 39.9 Å². The van der Waals surface area contributed by atoms with Gasteiger partial charge in [-0.2, -0.15) is 0 Å². The van der Waals surface area contributed by atoms with E-state index in [4.69, 9.17) is 13.9 Å². The van der Waals surface area contributed by atoms with Crippen LogP contribution in [0.4, 0.5) is 0 Å². The van der Waals surface area contributed by atoms with Gasteiger partial charge in [-0.25, -0.2) is 0 Å². The van der Waals surface area contributed by atoms with Crippen molar-refractivity contribution >= 4 is 8.32 Å². The number of benzene rings is 1. The molecule has 1 aromatic rings. The van der Waals surface area contributed by atoms with Crippen LogP contribution in [0.3, 0.4) is 0 Å². The molecule has 0 saturated carbocycles. The maximum Gasteiger partial charge on any atom is 0.192 e. The molecule has 1 atom stereocenters. The van der Waals surface area contributed by atoms with Crippen LogP contribution in [0, 0.1) is 0 Å². The Morgan fingerprint density at radius 1 is 1.13 bits per heavy atom. The fourth-order valence-corrected chi connectivity index (χ4v) is 2.85. The van der Waals surface area contributed by atoms with Crippen molar-refractivity contribution in [2.45, 2.75) is 58.0 Å². The number of rotatable bonds is 9. The van der Waals surface area contributed by atoms with E-state index in [0.29, 0.717) is 19.6 Å². The summed E-state index contributed by atoms with van der Waals surface area (Å²) in [6, 6.07) is 7.82. The second-order valence-corrected chi connectivity index (χ2v) is 12.2. The lowest BCUT2D eigenvalue weighted by Crippen LogP contribution is -2.43. The van der Waals surface area contributed by atoms with E-state index < -0.39 is 8.32 Å². The summed E-state index contributed by atoms with van der Waals surface area (Å²) in [6.45, 7) is 12.3. The van der Waals surface area contributed by atoms with Gasteiger partial charge in [0.25, 0.3) is 0 Å². The monoisotopic (exact) mass is 340 g/mol. The summed E-state index contributed by atoms with van der Waals surface area (Å²) in [5, 5.41) is 9.42. The Balaban J connectivity index is 2.54. The van der Waals surface area contributed by atoms with Gasteiger partial charge in [0, 0.05) is 6.61 Å². The van der Waals surface area contributed by atoms with Crippen molar-refractivity contribution < 1.29 is 19.0 Å². The van der Waals surface area contributed by atoms with E-state index in [9.17, 15) is 5.11 Å². The van der Waals surface area contributed by atoms with Crippen molar-refractivity contribution in [3.63, 3.8) is 0 Å². The molecule has 0 radical (unpaired) electrons. The summed E-state index contributed by atoms with van der Waals surface area (Å²) in [5.74, 6) is 0.835. The van der Waals surface area contributed by atoms with Gasteiger partial charge >= 0.3 is 0 Å². The van der Waals surface area contributed by atoms with Gasteiger partial charge < -0.3 is 19.0 Å². The Morgan fingerprint density at radius 2 is 1.74 bits per heavy atom. The molecular weight excluding hydrogens is 308 g/mol. The van der Waals surface area contributed by atoms with Gasteiger partial charge in [-0.1, -0.05) is 32.9 Å². The quantitative estimate of drug-likeness (QED) is 0.691. The first-order chi connectivity index (χ1) is 10.7. The molecule has 132 valence electrons. The summed E-state index contributed by atoms with van der Waals surface area (Å²) in [6.07, 6.45) is 0.501. The van der Waals surface area contributed by atoms with Crippen LogP contribution >= 0.6 is 0 Å². The zero-order valence-electron chi connectivity index (χ0n) is 15.4. The van der Waals surface area contributed by atoms with Crippen molar-refractivity contribution in [2.24, 2.45) is 0 Å². The molecule has 1 N–H and O–H groups in total. The van der Waals surface area contributed by atoms with Gasteiger partial charge in [0.15, 0.2) is 8.32 Å². The number of methoxy groups -OCH3 is 1. The fourth-order valence-electron chi connectivity index (χ4n) is 1.81. The Labute approximate surface area is 141 Å². The SMILES string of the molecule is COc1ccc(CO[C@H](CCO)CO[Si](C)(C)C(C)(C)C)cc1. The normalized spacial score (nSPS) is 13.9. The molecular formula is C18H32O4Si. The molecule has 0 bridgehead atoms. The van der Waals surface area contributed by atoms with Crippen LogP contribution in [0.2, 0.25) is 18.1 Å². The molecule has 1 aromatic carbocycles. The van der Waals surface area contributed by atoms with Crippen molar-refractivity contribution in [3.8, 4) is 5.75 Å². The lowest BCUT2D eigenvalue weighted by molar-refractivity contribution is -0.00721. The van der Waals surface area contributed by atoms with E-state index >= 15 is 0 Å². The lowest BCUT2D eigenvalue weighted by atomic mass is 10.2. The highest BCUT2D eigenvalue weighted by molar-refractivity contribution is 6.74. The summed E-state index contributed by atoms with van der Waals surface area (Å²) >= 11 is 0. The third-order valence-electron chi connectivity index (χ3n) is 4.53. The highest BCUT2D eigenvalue weighted by Crippen LogP contribution is 2.36. The van der Waals surface area contributed by atoms with E-state index in [2.05, 4.69) is 33.9 Å². The van der Waals surface area contributed by atoms with Gasteiger partial charge in [0.05, 0.1) is 26.4 Å². The first kappa shape index (κ1) is 20.2. The molecule has 0 saturated heterocycles. The molecule has 0 aliphatic heterocycles. The summed E-state index contributed by atoms with van der Waals surface area (Å²) in [4.78, 5) is 0. The average molecular weight is 341 g/mol. The number of hydrogen-bond donors (Lipinski definition) is 1. The molecule has 5 heteroatoms. The van der Waals surface area contributed by atoms with Crippen LogP contribution < -0.4 is 4.74 Å². The Hall–Kier alpha value is -0.883. The average Bonchev–Trinajstić information content (AvgIpc) is 2.49. The third kappa shape index (κ3) is 6.63. The minimum atomic E-state index is -1.80. The molecule has 0 spiro atoms. The zero-order valence-corrected chi connectivity index (χ0v) is 16.4. The van der Waals surface area contributed by atoms with E-state index in [1.54, 1.807) is 7.11 Å². The van der Waals surface area contributed by atoms with Crippen LogP contribution in [0.25, 0.3) is 0 Å². The topological polar surface area (TPSA) is 47.9 Å². The molecule has 0 amide bonds. The first-order valence-electron chi connectivity index (χ1n) is 8.19. The van der Waals surface area contributed by atoms with Gasteiger partial charge in [0.1, 0.15) is 5.75 Å². The van der Waals surface area contributed by atoms with Crippen molar-refractivity contribution in [2.75, 3.05) is 20.3 Å². The van der Waals surface area contributed by atoms with Crippen LogP contribution in [0.5, 0.6) is 5.75 Å². The fraction of sp³-hybridized carbons (Fsp3) is 0.667. The zero-order chi connectivity index (χ0) is 17.5. The maximum atomic E-state index is 9.25. The molecule has 4 nitrogen and oxygen atoms in total. The molecule has 0 aromatic heterocycles. The Kier molecular flexibility index (Phi) is 7.74. The molecule has 0 unspecified atom stereocenters. The van der Waals surface area contributed by atoms with Gasteiger partial charge in [-0.3, -0.25) is 0 Å². The van der Waals surface area contributed by atoms with Crippen molar-refractivity contribution in [1.82, 2.24) is 0 Å². The minimum Gasteiger partial charge on any atom is -0.497 e. The highest BCUT2D eigenvalue weighted by atomic mass is 28.4. The number of hydrogen-bond acceptors (Lipinski definition) is 4. The predicted octanol–water partition coefficient (Wildman–Crippen LogP) is 3.98. The largest absolute Gasteiger partial charge is 0.497 e. The van der Waals surface area contributed by atoms with E-state index in [1.165, 1.54) is 0 Å². The molecule has 0 aliphatic carbocycles. The minimum absolute atomic E-state index is 0.0868. The molecule has 0 fully saturated rings. The van der Waals surface area contributed by atoms with Gasteiger partial charge in [-0.15, -0.1) is 0 Å². The Bertz CT molecular complexity index is 451. The summed E-state index contributed by atoms with van der Waals surface area (Å²) < 4.78 is 17.3. The van der Waals surface area contributed by atoms with Crippen molar-refractivity contribution in [3.05, 3.63) is 29.8 Å².